The van der Waals surface area contributed by atoms with Crippen molar-refractivity contribution in [2.24, 2.45) is 0 Å². The van der Waals surface area contributed by atoms with Gasteiger partial charge in [-0.3, -0.25) is 4.68 Å². The van der Waals surface area contributed by atoms with Crippen LogP contribution in [0.1, 0.15) is 11.4 Å². The van der Waals surface area contributed by atoms with Crippen LogP contribution < -0.4 is 9.64 Å². The number of ether oxygens (including phenoxy) is 2. The quantitative estimate of drug-likeness (QED) is 0.846. The fraction of sp³-hybridized carbons (Fsp3) is 0.533. The minimum atomic E-state index is 0.0709. The highest BCUT2D eigenvalue weighted by Crippen LogP contribution is 2.17. The van der Waals surface area contributed by atoms with Crippen molar-refractivity contribution < 1.29 is 9.47 Å². The van der Waals surface area contributed by atoms with Crippen molar-refractivity contribution >= 4 is 5.95 Å². The monoisotopic (exact) mass is 303 g/mol. The lowest BCUT2D eigenvalue weighted by Gasteiger charge is -2.33. The van der Waals surface area contributed by atoms with E-state index in [0.29, 0.717) is 18.4 Å². The third kappa shape index (κ3) is 3.19. The molecular weight excluding hydrogens is 282 g/mol. The van der Waals surface area contributed by atoms with Crippen molar-refractivity contribution in [2.75, 3.05) is 31.7 Å². The zero-order valence-electron chi connectivity index (χ0n) is 13.2. The van der Waals surface area contributed by atoms with Crippen LogP contribution in [0.3, 0.4) is 0 Å². The van der Waals surface area contributed by atoms with E-state index in [0.717, 1.165) is 31.0 Å². The molecule has 0 amide bonds. The zero-order chi connectivity index (χ0) is 15.5. The summed E-state index contributed by atoms with van der Waals surface area (Å²) in [6.45, 7) is 6.98. The van der Waals surface area contributed by atoms with Crippen molar-refractivity contribution in [1.29, 1.82) is 0 Å². The first-order valence-corrected chi connectivity index (χ1v) is 7.40. The second-order valence-corrected chi connectivity index (χ2v) is 5.45. The van der Waals surface area contributed by atoms with Crippen LogP contribution in [0.25, 0.3) is 0 Å². The molecule has 1 unspecified atom stereocenters. The van der Waals surface area contributed by atoms with Crippen molar-refractivity contribution in [3.63, 3.8) is 0 Å². The van der Waals surface area contributed by atoms with Crippen LogP contribution in [0.15, 0.2) is 18.3 Å². The van der Waals surface area contributed by atoms with Gasteiger partial charge >= 0.3 is 0 Å². The Balaban J connectivity index is 1.69. The van der Waals surface area contributed by atoms with Crippen molar-refractivity contribution in [3.05, 3.63) is 29.7 Å². The summed E-state index contributed by atoms with van der Waals surface area (Å²) >= 11 is 0. The highest BCUT2D eigenvalue weighted by atomic mass is 16.5. The summed E-state index contributed by atoms with van der Waals surface area (Å²) in [7, 11) is 1.61. The second kappa shape index (κ2) is 6.31. The predicted molar refractivity (Wildman–Crippen MR) is 82.2 cm³/mol. The van der Waals surface area contributed by atoms with E-state index in [1.807, 2.05) is 11.6 Å². The van der Waals surface area contributed by atoms with E-state index in [9.17, 15) is 0 Å². The summed E-state index contributed by atoms with van der Waals surface area (Å²) < 4.78 is 13.0. The molecule has 0 radical (unpaired) electrons. The van der Waals surface area contributed by atoms with Gasteiger partial charge in [0, 0.05) is 31.0 Å². The van der Waals surface area contributed by atoms with E-state index in [4.69, 9.17) is 9.47 Å². The highest BCUT2D eigenvalue weighted by molar-refractivity contribution is 5.32. The predicted octanol–water partition coefficient (Wildman–Crippen LogP) is 1.20. The summed E-state index contributed by atoms with van der Waals surface area (Å²) in [6, 6.07) is 3.82. The molecule has 2 aromatic rings. The number of nitrogens with zero attached hydrogens (tertiary/aromatic N) is 5. The molecule has 0 saturated carbocycles. The van der Waals surface area contributed by atoms with Crippen LogP contribution in [0.2, 0.25) is 0 Å². The van der Waals surface area contributed by atoms with E-state index in [2.05, 4.69) is 33.0 Å². The fourth-order valence-electron chi connectivity index (χ4n) is 2.66. The summed E-state index contributed by atoms with van der Waals surface area (Å²) in [6.07, 6.45) is 1.79. The van der Waals surface area contributed by atoms with Gasteiger partial charge in [0.05, 0.1) is 32.1 Å². The fourth-order valence-corrected chi connectivity index (χ4v) is 2.66. The SMILES string of the molecule is COc1ccnc(N2CCOC(Cn3nc(C)cc3C)C2)n1. The molecule has 0 spiro atoms. The minimum Gasteiger partial charge on any atom is -0.481 e. The third-order valence-corrected chi connectivity index (χ3v) is 3.73. The van der Waals surface area contributed by atoms with Crippen LogP contribution in [0.4, 0.5) is 5.95 Å². The van der Waals surface area contributed by atoms with Gasteiger partial charge in [0.25, 0.3) is 0 Å². The van der Waals surface area contributed by atoms with E-state index in [1.54, 1.807) is 19.4 Å². The van der Waals surface area contributed by atoms with Crippen molar-refractivity contribution in [2.45, 2.75) is 26.5 Å². The molecule has 22 heavy (non-hydrogen) atoms. The summed E-state index contributed by atoms with van der Waals surface area (Å²) in [5, 5.41) is 4.50. The summed E-state index contributed by atoms with van der Waals surface area (Å²) in [5.74, 6) is 1.26. The number of hydrogen-bond donors (Lipinski definition) is 0. The number of rotatable bonds is 4. The molecule has 7 heteroatoms. The van der Waals surface area contributed by atoms with Gasteiger partial charge < -0.3 is 14.4 Å². The Hall–Kier alpha value is -2.15. The Labute approximate surface area is 129 Å². The molecule has 0 bridgehead atoms. The number of anilines is 1. The maximum atomic E-state index is 5.87. The Morgan fingerprint density at radius 1 is 1.41 bits per heavy atom. The van der Waals surface area contributed by atoms with E-state index >= 15 is 0 Å². The number of aromatic nitrogens is 4. The topological polar surface area (TPSA) is 65.3 Å². The molecule has 3 heterocycles. The molecule has 0 N–H and O–H groups in total. The first-order chi connectivity index (χ1) is 10.7. The van der Waals surface area contributed by atoms with Crippen molar-refractivity contribution in [1.82, 2.24) is 19.7 Å². The smallest absolute Gasteiger partial charge is 0.228 e. The minimum absolute atomic E-state index is 0.0709. The third-order valence-electron chi connectivity index (χ3n) is 3.73. The van der Waals surface area contributed by atoms with Gasteiger partial charge in [-0.05, 0) is 19.9 Å². The van der Waals surface area contributed by atoms with Gasteiger partial charge in [-0.25, -0.2) is 4.98 Å². The van der Waals surface area contributed by atoms with Gasteiger partial charge in [0.1, 0.15) is 0 Å². The maximum Gasteiger partial charge on any atom is 0.228 e. The van der Waals surface area contributed by atoms with Crippen LogP contribution in [-0.4, -0.2) is 52.7 Å². The Morgan fingerprint density at radius 2 is 2.27 bits per heavy atom. The Bertz CT molecular complexity index is 643. The highest BCUT2D eigenvalue weighted by Gasteiger charge is 2.23. The standard InChI is InChI=1S/C15H21N5O2/c1-11-8-12(2)20(18-11)10-13-9-19(6-7-22-13)15-16-5-4-14(17-15)21-3/h4-5,8,13H,6-7,9-10H2,1-3H3. The largest absolute Gasteiger partial charge is 0.481 e. The van der Waals surface area contributed by atoms with E-state index in [1.165, 1.54) is 0 Å². The molecule has 0 aromatic carbocycles. The second-order valence-electron chi connectivity index (χ2n) is 5.45. The molecule has 0 aliphatic carbocycles. The first kappa shape index (κ1) is 14.8. The van der Waals surface area contributed by atoms with Gasteiger partial charge in [0.15, 0.2) is 0 Å². The average molecular weight is 303 g/mol. The van der Waals surface area contributed by atoms with Gasteiger partial charge in [-0.1, -0.05) is 0 Å². The molecule has 7 nitrogen and oxygen atoms in total. The Kier molecular flexibility index (Phi) is 4.24. The summed E-state index contributed by atoms with van der Waals surface area (Å²) in [5.41, 5.74) is 2.18. The number of morpholine rings is 1. The first-order valence-electron chi connectivity index (χ1n) is 7.40. The molecule has 1 saturated heterocycles. The Morgan fingerprint density at radius 3 is 3.00 bits per heavy atom. The van der Waals surface area contributed by atoms with Crippen LogP contribution in [0, 0.1) is 13.8 Å². The van der Waals surface area contributed by atoms with E-state index in [-0.39, 0.29) is 6.10 Å². The van der Waals surface area contributed by atoms with Crippen LogP contribution >= 0.6 is 0 Å². The molecule has 118 valence electrons. The van der Waals surface area contributed by atoms with Gasteiger partial charge in [-0.2, -0.15) is 10.1 Å². The number of methoxy groups -OCH3 is 1. The molecule has 1 fully saturated rings. The molecular formula is C15H21N5O2. The molecule has 1 aliphatic heterocycles. The zero-order valence-corrected chi connectivity index (χ0v) is 13.2. The maximum absolute atomic E-state index is 5.87. The summed E-state index contributed by atoms with van der Waals surface area (Å²) in [4.78, 5) is 10.9. The number of aryl methyl sites for hydroxylation is 2. The average Bonchev–Trinajstić information content (AvgIpc) is 2.85. The number of hydrogen-bond acceptors (Lipinski definition) is 6. The van der Waals surface area contributed by atoms with Gasteiger partial charge in [-0.15, -0.1) is 0 Å². The lowest BCUT2D eigenvalue weighted by molar-refractivity contribution is 0.0264. The van der Waals surface area contributed by atoms with Crippen LogP contribution in [0.5, 0.6) is 5.88 Å². The van der Waals surface area contributed by atoms with Crippen molar-refractivity contribution in [3.8, 4) is 5.88 Å². The molecule has 3 rings (SSSR count). The lowest BCUT2D eigenvalue weighted by atomic mass is 10.2. The molecule has 1 atom stereocenters. The molecule has 2 aromatic heterocycles. The normalized spacial score (nSPS) is 18.5. The van der Waals surface area contributed by atoms with E-state index < -0.39 is 0 Å². The lowest BCUT2D eigenvalue weighted by Crippen LogP contribution is -2.45. The van der Waals surface area contributed by atoms with Gasteiger partial charge in [0.2, 0.25) is 11.8 Å². The molecule has 1 aliphatic rings. The van der Waals surface area contributed by atoms with Crippen LogP contribution in [-0.2, 0) is 11.3 Å².